The van der Waals surface area contributed by atoms with E-state index in [0.29, 0.717) is 0 Å². The van der Waals surface area contributed by atoms with Crippen molar-refractivity contribution >= 4 is 0 Å². The standard InChI is InChI=1S/2C8H16.Ni/c2*1-7(2)8-5-3-4-6-8;/h2*7-8H,3-6H2,1-2H3;. The van der Waals surface area contributed by atoms with Crippen molar-refractivity contribution in [2.75, 3.05) is 0 Å². The van der Waals surface area contributed by atoms with Gasteiger partial charge in [-0.15, -0.1) is 0 Å². The Labute approximate surface area is 119 Å². The molecule has 2 fully saturated rings. The molecule has 0 amide bonds. The van der Waals surface area contributed by atoms with E-state index in [4.69, 9.17) is 0 Å². The molecule has 0 aromatic carbocycles. The van der Waals surface area contributed by atoms with Gasteiger partial charge in [0.25, 0.3) is 0 Å². The first kappa shape index (κ1) is 17.5. The molecule has 0 bridgehead atoms. The summed E-state index contributed by atoms with van der Waals surface area (Å²) in [6, 6.07) is 0. The average Bonchev–Trinajstić information content (AvgIpc) is 2.93. The first-order chi connectivity index (χ1) is 7.61. The minimum atomic E-state index is 0. The predicted molar refractivity (Wildman–Crippen MR) is 73.6 cm³/mol. The first-order valence-electron chi connectivity index (χ1n) is 7.61. The maximum Gasteiger partial charge on any atom is 0 e. The third-order valence-electron chi connectivity index (χ3n) is 4.69. The Morgan fingerprint density at radius 2 is 0.824 bits per heavy atom. The third kappa shape index (κ3) is 6.85. The molecule has 1 heteroatoms. The maximum atomic E-state index is 2.34. The van der Waals surface area contributed by atoms with Crippen LogP contribution in [0.1, 0.15) is 79.1 Å². The van der Waals surface area contributed by atoms with Crippen molar-refractivity contribution in [1.29, 1.82) is 0 Å². The molecule has 0 atom stereocenters. The molecule has 0 radical (unpaired) electrons. The fourth-order valence-corrected chi connectivity index (χ4v) is 3.25. The van der Waals surface area contributed by atoms with Crippen molar-refractivity contribution in [2.24, 2.45) is 23.7 Å². The molecule has 0 aromatic rings. The van der Waals surface area contributed by atoms with Gasteiger partial charge in [0.05, 0.1) is 0 Å². The van der Waals surface area contributed by atoms with Gasteiger partial charge >= 0.3 is 0 Å². The van der Waals surface area contributed by atoms with Crippen LogP contribution >= 0.6 is 0 Å². The van der Waals surface area contributed by atoms with E-state index in [1.54, 1.807) is 0 Å². The molecule has 0 heterocycles. The Bertz CT molecular complexity index is 142. The molecule has 0 nitrogen and oxygen atoms in total. The normalized spacial score (nSPS) is 21.5. The molecule has 0 spiro atoms. The molecule has 2 saturated carbocycles. The molecule has 0 aliphatic heterocycles. The van der Waals surface area contributed by atoms with Crippen LogP contribution in [0.3, 0.4) is 0 Å². The third-order valence-corrected chi connectivity index (χ3v) is 4.69. The fourth-order valence-electron chi connectivity index (χ4n) is 3.25. The molecule has 0 N–H and O–H groups in total. The van der Waals surface area contributed by atoms with Gasteiger partial charge in [-0.2, -0.15) is 0 Å². The van der Waals surface area contributed by atoms with Crippen molar-refractivity contribution in [3.05, 3.63) is 0 Å². The molecule has 17 heavy (non-hydrogen) atoms. The van der Waals surface area contributed by atoms with Crippen molar-refractivity contribution in [1.82, 2.24) is 0 Å². The largest absolute Gasteiger partial charge is 0.0625 e. The maximum absolute atomic E-state index is 2.34. The summed E-state index contributed by atoms with van der Waals surface area (Å²) in [5.74, 6) is 4.01. The van der Waals surface area contributed by atoms with Crippen LogP contribution in [0.4, 0.5) is 0 Å². The SMILES string of the molecule is CC(C)C1CCCC1.CC(C)C1CCCC1.[Ni]. The van der Waals surface area contributed by atoms with Gasteiger partial charge < -0.3 is 0 Å². The number of hydrogen-bond donors (Lipinski definition) is 0. The molecule has 106 valence electrons. The second-order valence-electron chi connectivity index (χ2n) is 6.58. The van der Waals surface area contributed by atoms with E-state index >= 15 is 0 Å². The summed E-state index contributed by atoms with van der Waals surface area (Å²) in [4.78, 5) is 0. The summed E-state index contributed by atoms with van der Waals surface area (Å²) >= 11 is 0. The summed E-state index contributed by atoms with van der Waals surface area (Å²) in [7, 11) is 0. The van der Waals surface area contributed by atoms with Crippen LogP contribution in [0.2, 0.25) is 0 Å². The van der Waals surface area contributed by atoms with E-state index < -0.39 is 0 Å². The van der Waals surface area contributed by atoms with Crippen molar-refractivity contribution in [3.8, 4) is 0 Å². The second-order valence-corrected chi connectivity index (χ2v) is 6.58. The molecule has 0 aromatic heterocycles. The molecule has 2 aliphatic rings. The number of rotatable bonds is 2. The van der Waals surface area contributed by atoms with Crippen LogP contribution in [-0.2, 0) is 16.5 Å². The van der Waals surface area contributed by atoms with E-state index in [9.17, 15) is 0 Å². The van der Waals surface area contributed by atoms with Crippen LogP contribution in [-0.4, -0.2) is 0 Å². The molecule has 2 aliphatic carbocycles. The van der Waals surface area contributed by atoms with E-state index in [-0.39, 0.29) is 16.5 Å². The second kappa shape index (κ2) is 9.43. The Morgan fingerprint density at radius 3 is 0.941 bits per heavy atom. The Balaban J connectivity index is 0.000000284. The van der Waals surface area contributed by atoms with Gasteiger partial charge in [0.1, 0.15) is 0 Å². The monoisotopic (exact) mass is 282 g/mol. The summed E-state index contributed by atoms with van der Waals surface area (Å²) in [5.41, 5.74) is 0. The van der Waals surface area contributed by atoms with Gasteiger partial charge in [-0.3, -0.25) is 0 Å². The molecule has 2 rings (SSSR count). The zero-order chi connectivity index (χ0) is 12.0. The van der Waals surface area contributed by atoms with Crippen molar-refractivity contribution in [3.63, 3.8) is 0 Å². The van der Waals surface area contributed by atoms with E-state index in [1.165, 1.54) is 51.4 Å². The van der Waals surface area contributed by atoms with Gasteiger partial charge in [-0.25, -0.2) is 0 Å². The Kier molecular flexibility index (Phi) is 9.70. The van der Waals surface area contributed by atoms with E-state index in [0.717, 1.165) is 23.7 Å². The first-order valence-corrected chi connectivity index (χ1v) is 7.61. The molecular formula is C16H32Ni. The van der Waals surface area contributed by atoms with Crippen LogP contribution < -0.4 is 0 Å². The Hall–Kier alpha value is 0.494. The summed E-state index contributed by atoms with van der Waals surface area (Å²) in [5, 5.41) is 0. The number of hydrogen-bond acceptors (Lipinski definition) is 0. The van der Waals surface area contributed by atoms with Crippen LogP contribution in [0.5, 0.6) is 0 Å². The fraction of sp³-hybridized carbons (Fsp3) is 1.00. The van der Waals surface area contributed by atoms with Gasteiger partial charge in [-0.1, -0.05) is 79.1 Å². The quantitative estimate of drug-likeness (QED) is 0.573. The summed E-state index contributed by atoms with van der Waals surface area (Å²) < 4.78 is 0. The predicted octanol–water partition coefficient (Wildman–Crippen LogP) is 5.66. The van der Waals surface area contributed by atoms with Crippen LogP contribution in [0, 0.1) is 23.7 Å². The zero-order valence-electron chi connectivity index (χ0n) is 12.3. The average molecular weight is 283 g/mol. The van der Waals surface area contributed by atoms with Crippen LogP contribution in [0.25, 0.3) is 0 Å². The van der Waals surface area contributed by atoms with Crippen molar-refractivity contribution in [2.45, 2.75) is 79.1 Å². The molecule has 0 unspecified atom stereocenters. The van der Waals surface area contributed by atoms with E-state index in [2.05, 4.69) is 27.7 Å². The Morgan fingerprint density at radius 1 is 0.588 bits per heavy atom. The summed E-state index contributed by atoms with van der Waals surface area (Å²) in [6.07, 6.45) is 11.9. The molecule has 0 saturated heterocycles. The van der Waals surface area contributed by atoms with Gasteiger partial charge in [-0.05, 0) is 23.7 Å². The van der Waals surface area contributed by atoms with Gasteiger partial charge in [0.15, 0.2) is 0 Å². The van der Waals surface area contributed by atoms with Gasteiger partial charge in [0, 0.05) is 16.5 Å². The van der Waals surface area contributed by atoms with Crippen LogP contribution in [0.15, 0.2) is 0 Å². The zero-order valence-corrected chi connectivity index (χ0v) is 13.3. The minimum Gasteiger partial charge on any atom is -0.0625 e. The summed E-state index contributed by atoms with van der Waals surface area (Å²) in [6.45, 7) is 9.37. The van der Waals surface area contributed by atoms with Crippen molar-refractivity contribution < 1.29 is 16.5 Å². The molecular weight excluding hydrogens is 251 g/mol. The minimum absolute atomic E-state index is 0. The topological polar surface area (TPSA) is 0 Å². The van der Waals surface area contributed by atoms with E-state index in [1.807, 2.05) is 0 Å². The smallest absolute Gasteiger partial charge is 0 e. The van der Waals surface area contributed by atoms with Gasteiger partial charge in [0.2, 0.25) is 0 Å².